The molecule has 0 amide bonds. The van der Waals surface area contributed by atoms with Gasteiger partial charge in [0.05, 0.1) is 12.2 Å². The van der Waals surface area contributed by atoms with Crippen LogP contribution in [0.5, 0.6) is 5.75 Å². The summed E-state index contributed by atoms with van der Waals surface area (Å²) in [5.41, 5.74) is 0.00290. The molecule has 0 aliphatic heterocycles. The molecule has 0 heterocycles. The maximum atomic E-state index is 13.5. The van der Waals surface area contributed by atoms with E-state index < -0.39 is 5.82 Å². The first-order valence-electron chi connectivity index (χ1n) is 4.61. The number of ether oxygens (including phenoxy) is 1. The summed E-state index contributed by atoms with van der Waals surface area (Å²) in [5, 5.41) is 0. The highest BCUT2D eigenvalue weighted by atomic mass is 79.9. The summed E-state index contributed by atoms with van der Waals surface area (Å²) in [6, 6.07) is 2.94. The number of rotatable bonds is 4. The van der Waals surface area contributed by atoms with Crippen molar-refractivity contribution in [2.75, 3.05) is 6.61 Å². The molecule has 15 heavy (non-hydrogen) atoms. The molecular weight excluding hydrogens is 263 g/mol. The molecule has 1 aromatic rings. The summed E-state index contributed by atoms with van der Waals surface area (Å²) in [4.78, 5) is 10.6. The van der Waals surface area contributed by atoms with Crippen LogP contribution < -0.4 is 4.74 Å². The molecule has 0 aromatic heterocycles. The van der Waals surface area contributed by atoms with Gasteiger partial charge in [0, 0.05) is 4.47 Å². The molecule has 0 unspecified atom stereocenters. The fourth-order valence-electron chi connectivity index (χ4n) is 1.03. The van der Waals surface area contributed by atoms with Crippen molar-refractivity contribution >= 4 is 22.2 Å². The molecule has 0 spiro atoms. The Morgan fingerprint density at radius 1 is 1.53 bits per heavy atom. The topological polar surface area (TPSA) is 26.3 Å². The van der Waals surface area contributed by atoms with E-state index in [0.717, 1.165) is 0 Å². The first-order valence-corrected chi connectivity index (χ1v) is 5.41. The zero-order valence-corrected chi connectivity index (χ0v) is 10.2. The molecule has 0 radical (unpaired) electrons. The highest BCUT2D eigenvalue weighted by molar-refractivity contribution is 9.10. The van der Waals surface area contributed by atoms with E-state index in [4.69, 9.17) is 4.74 Å². The van der Waals surface area contributed by atoms with Gasteiger partial charge in [-0.1, -0.05) is 29.8 Å². The molecule has 0 atom stereocenters. The Bertz CT molecular complexity index is 364. The van der Waals surface area contributed by atoms with Gasteiger partial charge in [-0.2, -0.15) is 0 Å². The third kappa shape index (κ3) is 3.30. The van der Waals surface area contributed by atoms with Gasteiger partial charge in [0.25, 0.3) is 0 Å². The molecule has 0 saturated carbocycles. The van der Waals surface area contributed by atoms with E-state index >= 15 is 0 Å². The van der Waals surface area contributed by atoms with Crippen LogP contribution in [0.4, 0.5) is 4.39 Å². The molecule has 0 bridgehead atoms. The Morgan fingerprint density at radius 2 is 2.20 bits per heavy atom. The summed E-state index contributed by atoms with van der Waals surface area (Å²) in [5.74, 6) is -0.183. The van der Waals surface area contributed by atoms with Crippen LogP contribution in [-0.2, 0) is 0 Å². The molecule has 1 rings (SSSR count). The van der Waals surface area contributed by atoms with Crippen molar-refractivity contribution in [1.29, 1.82) is 0 Å². The zero-order valence-electron chi connectivity index (χ0n) is 8.59. The summed E-state index contributed by atoms with van der Waals surface area (Å²) in [6.45, 7) is 4.36. The van der Waals surface area contributed by atoms with Gasteiger partial charge in [0.1, 0.15) is 0 Å². The van der Waals surface area contributed by atoms with Crippen LogP contribution in [-0.4, -0.2) is 12.9 Å². The number of hydrogen-bond donors (Lipinski definition) is 0. The Hall–Kier alpha value is -0.900. The predicted molar refractivity (Wildman–Crippen MR) is 59.8 cm³/mol. The second kappa shape index (κ2) is 5.26. The summed E-state index contributed by atoms with van der Waals surface area (Å²) >= 11 is 3.19. The summed E-state index contributed by atoms with van der Waals surface area (Å²) in [6.07, 6.45) is 0.475. The van der Waals surface area contributed by atoms with E-state index in [1.54, 1.807) is 0 Å². The Kier molecular flexibility index (Phi) is 4.27. The average molecular weight is 275 g/mol. The van der Waals surface area contributed by atoms with Crippen LogP contribution in [0.15, 0.2) is 16.6 Å². The fourth-order valence-corrected chi connectivity index (χ4v) is 1.49. The van der Waals surface area contributed by atoms with E-state index in [1.165, 1.54) is 12.1 Å². The van der Waals surface area contributed by atoms with Crippen molar-refractivity contribution in [3.8, 4) is 5.75 Å². The van der Waals surface area contributed by atoms with Crippen LogP contribution in [0.1, 0.15) is 24.2 Å². The molecule has 2 nitrogen and oxygen atoms in total. The standard InChI is InChI=1S/C11H12BrFO2/c1-7(2)6-15-10-4-9(12)3-8(5-14)11(10)13/h3-5,7H,6H2,1-2H3. The van der Waals surface area contributed by atoms with E-state index in [1.807, 2.05) is 13.8 Å². The van der Waals surface area contributed by atoms with E-state index in [-0.39, 0.29) is 11.3 Å². The van der Waals surface area contributed by atoms with Crippen LogP contribution in [0.25, 0.3) is 0 Å². The van der Waals surface area contributed by atoms with Crippen LogP contribution in [0, 0.1) is 11.7 Å². The van der Waals surface area contributed by atoms with Crippen LogP contribution in [0.2, 0.25) is 0 Å². The van der Waals surface area contributed by atoms with Gasteiger partial charge in [-0.15, -0.1) is 0 Å². The quantitative estimate of drug-likeness (QED) is 0.787. The monoisotopic (exact) mass is 274 g/mol. The van der Waals surface area contributed by atoms with Gasteiger partial charge in [0.15, 0.2) is 17.9 Å². The van der Waals surface area contributed by atoms with E-state index in [0.29, 0.717) is 23.3 Å². The zero-order chi connectivity index (χ0) is 11.4. The van der Waals surface area contributed by atoms with Gasteiger partial charge >= 0.3 is 0 Å². The molecule has 1 aromatic carbocycles. The van der Waals surface area contributed by atoms with Crippen molar-refractivity contribution in [2.24, 2.45) is 5.92 Å². The number of carbonyl (C=O) groups excluding carboxylic acids is 1. The second-order valence-corrected chi connectivity index (χ2v) is 4.55. The molecule has 0 aliphatic rings. The predicted octanol–water partition coefficient (Wildman–Crippen LogP) is 3.44. The van der Waals surface area contributed by atoms with Gasteiger partial charge in [-0.05, 0) is 18.1 Å². The summed E-state index contributed by atoms with van der Waals surface area (Å²) in [7, 11) is 0. The first kappa shape index (κ1) is 12.2. The lowest BCUT2D eigenvalue weighted by Crippen LogP contribution is -2.06. The molecule has 0 N–H and O–H groups in total. The number of halogens is 2. The van der Waals surface area contributed by atoms with E-state index in [9.17, 15) is 9.18 Å². The lowest BCUT2D eigenvalue weighted by molar-refractivity contribution is 0.111. The minimum atomic E-state index is -0.603. The van der Waals surface area contributed by atoms with Crippen molar-refractivity contribution < 1.29 is 13.9 Å². The highest BCUT2D eigenvalue weighted by Gasteiger charge is 2.11. The second-order valence-electron chi connectivity index (χ2n) is 3.63. The lowest BCUT2D eigenvalue weighted by atomic mass is 10.2. The minimum Gasteiger partial charge on any atom is -0.490 e. The molecule has 0 fully saturated rings. The Labute approximate surface area is 96.6 Å². The Balaban J connectivity index is 2.96. The van der Waals surface area contributed by atoms with Crippen molar-refractivity contribution in [3.05, 3.63) is 28.0 Å². The third-order valence-corrected chi connectivity index (χ3v) is 2.19. The fraction of sp³-hybridized carbons (Fsp3) is 0.364. The van der Waals surface area contributed by atoms with Gasteiger partial charge < -0.3 is 4.74 Å². The third-order valence-electron chi connectivity index (χ3n) is 1.73. The average Bonchev–Trinajstić information content (AvgIpc) is 2.18. The number of benzene rings is 1. The normalized spacial score (nSPS) is 10.5. The molecule has 0 aliphatic carbocycles. The number of carbonyl (C=O) groups is 1. The minimum absolute atomic E-state index is 0.00290. The number of aldehydes is 1. The molecule has 82 valence electrons. The lowest BCUT2D eigenvalue weighted by Gasteiger charge is -2.10. The van der Waals surface area contributed by atoms with E-state index in [2.05, 4.69) is 15.9 Å². The number of hydrogen-bond acceptors (Lipinski definition) is 2. The Morgan fingerprint density at radius 3 is 2.73 bits per heavy atom. The van der Waals surface area contributed by atoms with Crippen LogP contribution in [0.3, 0.4) is 0 Å². The maximum absolute atomic E-state index is 13.5. The SMILES string of the molecule is CC(C)COc1cc(Br)cc(C=O)c1F. The van der Waals surface area contributed by atoms with Gasteiger partial charge in [0.2, 0.25) is 0 Å². The molecule has 0 saturated heterocycles. The largest absolute Gasteiger partial charge is 0.490 e. The van der Waals surface area contributed by atoms with Gasteiger partial charge in [-0.25, -0.2) is 4.39 Å². The molecule has 4 heteroatoms. The van der Waals surface area contributed by atoms with Crippen LogP contribution >= 0.6 is 15.9 Å². The smallest absolute Gasteiger partial charge is 0.175 e. The summed E-state index contributed by atoms with van der Waals surface area (Å²) < 4.78 is 19.4. The maximum Gasteiger partial charge on any atom is 0.175 e. The van der Waals surface area contributed by atoms with Gasteiger partial charge in [-0.3, -0.25) is 4.79 Å². The van der Waals surface area contributed by atoms with Crippen molar-refractivity contribution in [2.45, 2.75) is 13.8 Å². The first-order chi connectivity index (χ1) is 7.04. The molecular formula is C11H12BrFO2. The van der Waals surface area contributed by atoms with Crippen molar-refractivity contribution in [3.63, 3.8) is 0 Å². The van der Waals surface area contributed by atoms with Crippen molar-refractivity contribution in [1.82, 2.24) is 0 Å². The highest BCUT2D eigenvalue weighted by Crippen LogP contribution is 2.25.